The third-order valence-corrected chi connectivity index (χ3v) is 5.27. The number of aliphatic carboxylic acids is 1. The summed E-state index contributed by atoms with van der Waals surface area (Å²) in [5.74, 6) is -1.07. The Kier molecular flexibility index (Phi) is 5.11. The van der Waals surface area contributed by atoms with Crippen LogP contribution < -0.4 is 10.6 Å². The zero-order valence-corrected chi connectivity index (χ0v) is 12.7. The molecule has 0 radical (unpaired) electrons. The summed E-state index contributed by atoms with van der Waals surface area (Å²) < 4.78 is 0.124. The number of carbonyl (C=O) groups is 2. The topological polar surface area (TPSA) is 107 Å². The van der Waals surface area contributed by atoms with Crippen molar-refractivity contribution >= 4 is 23.8 Å². The molecule has 0 unspecified atom stereocenters. The smallest absolute Gasteiger partial charge is 0.326 e. The van der Waals surface area contributed by atoms with Crippen LogP contribution in [-0.4, -0.2) is 50.7 Å². The Hall–Kier alpha value is -1.70. The molecule has 0 aliphatic heterocycles. The van der Waals surface area contributed by atoms with Gasteiger partial charge in [0.25, 0.3) is 0 Å². The molecule has 0 aromatic carbocycles. The lowest BCUT2D eigenvalue weighted by molar-refractivity contribution is -0.139. The van der Waals surface area contributed by atoms with Crippen molar-refractivity contribution in [3.63, 3.8) is 0 Å². The molecule has 1 aromatic rings. The zero-order valence-electron chi connectivity index (χ0n) is 11.9. The van der Waals surface area contributed by atoms with E-state index in [4.69, 9.17) is 0 Å². The van der Waals surface area contributed by atoms with Gasteiger partial charge < -0.3 is 20.7 Å². The average Bonchev–Trinajstić information content (AvgIpc) is 2.90. The van der Waals surface area contributed by atoms with Gasteiger partial charge in [0.1, 0.15) is 6.04 Å². The molecule has 8 heteroatoms. The lowest BCUT2D eigenvalue weighted by Gasteiger charge is -2.40. The maximum absolute atomic E-state index is 11.9. The summed E-state index contributed by atoms with van der Waals surface area (Å²) in [5, 5.41) is 14.4. The van der Waals surface area contributed by atoms with Gasteiger partial charge >= 0.3 is 12.0 Å². The van der Waals surface area contributed by atoms with E-state index in [0.717, 1.165) is 12.8 Å². The summed E-state index contributed by atoms with van der Waals surface area (Å²) in [7, 11) is 0. The SMILES string of the molecule is CSC1(CNC(=O)N[C@H](Cc2cnc[nH]2)C(=O)O)CCC1. The van der Waals surface area contributed by atoms with Crippen LogP contribution in [-0.2, 0) is 11.2 Å². The number of hydrogen-bond acceptors (Lipinski definition) is 4. The van der Waals surface area contributed by atoms with Gasteiger partial charge in [0, 0.05) is 29.6 Å². The van der Waals surface area contributed by atoms with Crippen LogP contribution in [0.5, 0.6) is 0 Å². The highest BCUT2D eigenvalue weighted by atomic mass is 32.2. The molecule has 21 heavy (non-hydrogen) atoms. The number of nitrogens with one attached hydrogen (secondary N) is 3. The minimum atomic E-state index is -1.07. The van der Waals surface area contributed by atoms with E-state index in [2.05, 4.69) is 20.6 Å². The fourth-order valence-corrected chi connectivity index (χ4v) is 3.20. The molecule has 1 saturated carbocycles. The van der Waals surface area contributed by atoms with E-state index in [1.165, 1.54) is 12.7 Å². The molecule has 0 bridgehead atoms. The van der Waals surface area contributed by atoms with Gasteiger partial charge in [0.05, 0.1) is 6.33 Å². The van der Waals surface area contributed by atoms with Crippen LogP contribution in [0, 0.1) is 0 Å². The summed E-state index contributed by atoms with van der Waals surface area (Å²) in [6.45, 7) is 0.566. The van der Waals surface area contributed by atoms with E-state index in [1.807, 2.05) is 6.26 Å². The molecule has 1 heterocycles. The molecule has 0 spiro atoms. The number of urea groups is 1. The molecule has 1 fully saturated rings. The van der Waals surface area contributed by atoms with Crippen molar-refractivity contribution in [2.75, 3.05) is 12.8 Å². The Bertz CT molecular complexity index is 482. The predicted molar refractivity (Wildman–Crippen MR) is 80.3 cm³/mol. The average molecular weight is 312 g/mol. The van der Waals surface area contributed by atoms with Crippen LogP contribution in [0.15, 0.2) is 12.5 Å². The second-order valence-corrected chi connectivity index (χ2v) is 6.51. The van der Waals surface area contributed by atoms with Gasteiger partial charge in [-0.2, -0.15) is 11.8 Å². The maximum atomic E-state index is 11.9. The van der Waals surface area contributed by atoms with Gasteiger partial charge in [0.2, 0.25) is 0 Å². The highest BCUT2D eigenvalue weighted by Gasteiger charge is 2.36. The van der Waals surface area contributed by atoms with Gasteiger partial charge in [-0.25, -0.2) is 14.6 Å². The number of amides is 2. The van der Waals surface area contributed by atoms with Crippen molar-refractivity contribution in [2.45, 2.75) is 36.5 Å². The van der Waals surface area contributed by atoms with Crippen molar-refractivity contribution in [1.82, 2.24) is 20.6 Å². The first kappa shape index (κ1) is 15.7. The van der Waals surface area contributed by atoms with E-state index in [9.17, 15) is 14.7 Å². The number of aromatic amines is 1. The summed E-state index contributed by atoms with van der Waals surface area (Å²) in [6.07, 6.45) is 8.60. The van der Waals surface area contributed by atoms with Crippen LogP contribution in [0.1, 0.15) is 25.0 Å². The molecule has 116 valence electrons. The molecule has 0 saturated heterocycles. The summed E-state index contributed by atoms with van der Waals surface area (Å²) in [4.78, 5) is 29.7. The van der Waals surface area contributed by atoms with Crippen LogP contribution in [0.25, 0.3) is 0 Å². The van der Waals surface area contributed by atoms with E-state index < -0.39 is 18.0 Å². The molecular weight excluding hydrogens is 292 g/mol. The predicted octanol–water partition coefficient (Wildman–Crippen LogP) is 0.990. The number of rotatable bonds is 7. The molecule has 7 nitrogen and oxygen atoms in total. The largest absolute Gasteiger partial charge is 0.480 e. The second-order valence-electron chi connectivity index (χ2n) is 5.24. The number of aromatic nitrogens is 2. The maximum Gasteiger partial charge on any atom is 0.326 e. The quantitative estimate of drug-likeness (QED) is 0.600. The molecule has 4 N–H and O–H groups in total. The van der Waals surface area contributed by atoms with E-state index in [-0.39, 0.29) is 11.2 Å². The van der Waals surface area contributed by atoms with Crippen LogP contribution in [0.2, 0.25) is 0 Å². The Morgan fingerprint density at radius 3 is 2.81 bits per heavy atom. The van der Waals surface area contributed by atoms with E-state index >= 15 is 0 Å². The first-order valence-corrected chi connectivity index (χ1v) is 8.07. The molecule has 1 aromatic heterocycles. The zero-order chi connectivity index (χ0) is 15.3. The number of carbonyl (C=O) groups excluding carboxylic acids is 1. The lowest BCUT2D eigenvalue weighted by atomic mass is 9.84. The standard InChI is InChI=1S/C13H20N4O3S/c1-21-13(3-2-4-13)7-15-12(20)17-10(11(18)19)5-9-6-14-8-16-9/h6,8,10H,2-5,7H2,1H3,(H,14,16)(H,18,19)(H2,15,17,20)/t10-/m1/s1. The second kappa shape index (κ2) is 6.84. The first-order valence-electron chi connectivity index (χ1n) is 6.84. The van der Waals surface area contributed by atoms with E-state index in [0.29, 0.717) is 12.2 Å². The molecule has 2 rings (SSSR count). The fourth-order valence-electron chi connectivity index (χ4n) is 2.29. The van der Waals surface area contributed by atoms with Gasteiger partial charge in [-0.05, 0) is 19.1 Å². The Balaban J connectivity index is 1.82. The fraction of sp³-hybridized carbons (Fsp3) is 0.615. The van der Waals surface area contributed by atoms with Crippen molar-refractivity contribution in [3.8, 4) is 0 Å². The van der Waals surface area contributed by atoms with Crippen molar-refractivity contribution in [3.05, 3.63) is 18.2 Å². The number of thioether (sulfide) groups is 1. The minimum absolute atomic E-state index is 0.124. The summed E-state index contributed by atoms with van der Waals surface area (Å²) in [5.41, 5.74) is 0.669. The van der Waals surface area contributed by atoms with Crippen LogP contribution in [0.3, 0.4) is 0 Å². The van der Waals surface area contributed by atoms with Gasteiger partial charge in [-0.1, -0.05) is 6.42 Å². The Morgan fingerprint density at radius 2 is 2.33 bits per heavy atom. The van der Waals surface area contributed by atoms with Crippen molar-refractivity contribution in [1.29, 1.82) is 0 Å². The number of imidazole rings is 1. The number of nitrogens with zero attached hydrogens (tertiary/aromatic N) is 1. The van der Waals surface area contributed by atoms with Gasteiger partial charge in [-0.15, -0.1) is 0 Å². The Labute approximate surface area is 127 Å². The highest BCUT2D eigenvalue weighted by Crippen LogP contribution is 2.42. The van der Waals surface area contributed by atoms with Crippen molar-refractivity contribution < 1.29 is 14.7 Å². The number of carboxylic acids is 1. The molecule has 1 aliphatic rings. The van der Waals surface area contributed by atoms with Crippen molar-refractivity contribution in [2.24, 2.45) is 0 Å². The molecule has 1 atom stereocenters. The first-order chi connectivity index (χ1) is 10.0. The third-order valence-electron chi connectivity index (χ3n) is 3.85. The summed E-state index contributed by atoms with van der Waals surface area (Å²) >= 11 is 1.76. The number of hydrogen-bond donors (Lipinski definition) is 4. The molecule has 1 aliphatic carbocycles. The highest BCUT2D eigenvalue weighted by molar-refractivity contribution is 8.00. The summed E-state index contributed by atoms with van der Waals surface area (Å²) in [6, 6.07) is -1.42. The van der Waals surface area contributed by atoms with Crippen LogP contribution >= 0.6 is 11.8 Å². The van der Waals surface area contributed by atoms with Gasteiger partial charge in [-0.3, -0.25) is 0 Å². The van der Waals surface area contributed by atoms with Gasteiger partial charge in [0.15, 0.2) is 0 Å². The van der Waals surface area contributed by atoms with Crippen LogP contribution in [0.4, 0.5) is 4.79 Å². The van der Waals surface area contributed by atoms with E-state index in [1.54, 1.807) is 18.0 Å². The monoisotopic (exact) mass is 312 g/mol. The minimum Gasteiger partial charge on any atom is -0.480 e. The lowest BCUT2D eigenvalue weighted by Crippen LogP contribution is -2.52. The number of carboxylic acid groups (broad SMARTS) is 1. The number of H-pyrrole nitrogens is 1. The normalized spacial score (nSPS) is 17.6. The molecule has 2 amide bonds. The third kappa shape index (κ3) is 4.13. The molecular formula is C13H20N4O3S. The Morgan fingerprint density at radius 1 is 1.57 bits per heavy atom.